The van der Waals surface area contributed by atoms with Gasteiger partial charge in [-0.15, -0.1) is 0 Å². The average molecular weight is 267 g/mol. The third kappa shape index (κ3) is 3.11. The van der Waals surface area contributed by atoms with Crippen LogP contribution in [0.3, 0.4) is 0 Å². The number of piperidine rings is 1. The largest absolute Gasteiger partial charge is 0.368 e. The van der Waals surface area contributed by atoms with Gasteiger partial charge in [0.2, 0.25) is 5.91 Å². The zero-order valence-corrected chi connectivity index (χ0v) is 12.8. The van der Waals surface area contributed by atoms with Crippen LogP contribution in [-0.4, -0.2) is 41.5 Å². The van der Waals surface area contributed by atoms with Gasteiger partial charge in [-0.2, -0.15) is 0 Å². The maximum Gasteiger partial charge on any atom is 0.237 e. The molecule has 1 saturated carbocycles. The van der Waals surface area contributed by atoms with Gasteiger partial charge in [-0.05, 0) is 52.4 Å². The van der Waals surface area contributed by atoms with Gasteiger partial charge in [-0.1, -0.05) is 6.42 Å². The van der Waals surface area contributed by atoms with Crippen molar-refractivity contribution in [2.75, 3.05) is 13.1 Å². The lowest BCUT2D eigenvalue weighted by Gasteiger charge is -2.50. The third-order valence-electron chi connectivity index (χ3n) is 4.98. The number of hydrogen-bond acceptors (Lipinski definition) is 3. The van der Waals surface area contributed by atoms with E-state index in [0.717, 1.165) is 13.1 Å². The highest BCUT2D eigenvalue weighted by Gasteiger charge is 2.42. The van der Waals surface area contributed by atoms with E-state index in [9.17, 15) is 4.79 Å². The molecule has 110 valence electrons. The molecule has 0 radical (unpaired) electrons. The summed E-state index contributed by atoms with van der Waals surface area (Å²) in [4.78, 5) is 14.1. The number of amides is 1. The molecule has 0 aromatic rings. The van der Waals surface area contributed by atoms with E-state index in [-0.39, 0.29) is 5.91 Å². The van der Waals surface area contributed by atoms with Crippen LogP contribution in [0.25, 0.3) is 0 Å². The minimum Gasteiger partial charge on any atom is -0.368 e. The van der Waals surface area contributed by atoms with Gasteiger partial charge in [0.05, 0.1) is 5.54 Å². The van der Waals surface area contributed by atoms with Crippen LogP contribution in [0.5, 0.6) is 0 Å². The highest BCUT2D eigenvalue weighted by Crippen LogP contribution is 2.36. The summed E-state index contributed by atoms with van der Waals surface area (Å²) in [5.41, 5.74) is 4.90. The summed E-state index contributed by atoms with van der Waals surface area (Å²) in [6.07, 6.45) is 3.87. The molecule has 2 bridgehead atoms. The number of carbonyl (C=O) groups is 1. The molecule has 1 heterocycles. The van der Waals surface area contributed by atoms with Crippen LogP contribution in [0.1, 0.15) is 47.0 Å². The van der Waals surface area contributed by atoms with Gasteiger partial charge in [0.15, 0.2) is 0 Å². The molecule has 4 nitrogen and oxygen atoms in total. The molecule has 2 unspecified atom stereocenters. The number of nitrogens with zero attached hydrogens (tertiary/aromatic N) is 1. The number of hydrogen-bond donors (Lipinski definition) is 2. The Morgan fingerprint density at radius 1 is 1.26 bits per heavy atom. The maximum absolute atomic E-state index is 11.5. The Balaban J connectivity index is 2.08. The van der Waals surface area contributed by atoms with E-state index in [1.165, 1.54) is 19.3 Å². The molecular weight excluding hydrogens is 238 g/mol. The molecule has 3 N–H and O–H groups in total. The molecule has 0 aromatic heterocycles. The van der Waals surface area contributed by atoms with Crippen molar-refractivity contribution in [1.82, 2.24) is 10.2 Å². The van der Waals surface area contributed by atoms with E-state index in [2.05, 4.69) is 24.1 Å². The Morgan fingerprint density at radius 2 is 1.79 bits per heavy atom. The monoisotopic (exact) mass is 267 g/mol. The zero-order chi connectivity index (χ0) is 14.2. The first-order valence-corrected chi connectivity index (χ1v) is 7.63. The minimum atomic E-state index is -0.599. The average Bonchev–Trinajstić information content (AvgIpc) is 2.27. The SMILES string of the molecule is CC(C)N1CC2CCCC(C1)C2NC(C)(C)C(N)=O. The standard InChI is InChI=1S/C15H29N3O/c1-10(2)18-8-11-6-5-7-12(9-18)13(11)17-15(3,4)14(16)19/h10-13,17H,5-9H2,1-4H3,(H2,16,19). The number of nitrogens with two attached hydrogens (primary N) is 1. The second-order valence-electron chi connectivity index (χ2n) is 7.16. The zero-order valence-electron chi connectivity index (χ0n) is 12.8. The normalized spacial score (nSPS) is 32.6. The quantitative estimate of drug-likeness (QED) is 0.808. The molecule has 1 saturated heterocycles. The van der Waals surface area contributed by atoms with E-state index >= 15 is 0 Å². The highest BCUT2D eigenvalue weighted by atomic mass is 16.1. The van der Waals surface area contributed by atoms with Crippen LogP contribution >= 0.6 is 0 Å². The lowest BCUT2D eigenvalue weighted by Crippen LogP contribution is -2.64. The van der Waals surface area contributed by atoms with Crippen LogP contribution in [0, 0.1) is 11.8 Å². The highest BCUT2D eigenvalue weighted by molar-refractivity contribution is 5.83. The molecule has 19 heavy (non-hydrogen) atoms. The molecule has 2 rings (SSSR count). The van der Waals surface area contributed by atoms with Gasteiger partial charge in [0, 0.05) is 25.2 Å². The summed E-state index contributed by atoms with van der Waals surface area (Å²) in [6, 6.07) is 1.07. The second kappa shape index (κ2) is 5.41. The summed E-state index contributed by atoms with van der Waals surface area (Å²) in [5.74, 6) is 1.07. The van der Waals surface area contributed by atoms with Crippen LogP contribution < -0.4 is 11.1 Å². The van der Waals surface area contributed by atoms with E-state index < -0.39 is 5.54 Å². The van der Waals surface area contributed by atoms with E-state index in [1.54, 1.807) is 0 Å². The third-order valence-corrected chi connectivity index (χ3v) is 4.98. The fraction of sp³-hybridized carbons (Fsp3) is 0.933. The molecule has 2 fully saturated rings. The number of primary amides is 1. The van der Waals surface area contributed by atoms with Crippen molar-refractivity contribution in [2.24, 2.45) is 17.6 Å². The predicted octanol–water partition coefficient (Wildman–Crippen LogP) is 1.35. The van der Waals surface area contributed by atoms with Crippen LogP contribution in [-0.2, 0) is 4.79 Å². The van der Waals surface area contributed by atoms with Crippen molar-refractivity contribution in [1.29, 1.82) is 0 Å². The Labute approximate surface area is 117 Å². The second-order valence-corrected chi connectivity index (χ2v) is 7.16. The first-order valence-electron chi connectivity index (χ1n) is 7.63. The first-order chi connectivity index (χ1) is 8.81. The maximum atomic E-state index is 11.5. The van der Waals surface area contributed by atoms with Gasteiger partial charge in [0.25, 0.3) is 0 Å². The van der Waals surface area contributed by atoms with E-state index in [0.29, 0.717) is 23.9 Å². The fourth-order valence-electron chi connectivity index (χ4n) is 3.62. The minimum absolute atomic E-state index is 0.253. The lowest BCUT2D eigenvalue weighted by atomic mass is 9.72. The molecule has 0 aromatic carbocycles. The fourth-order valence-corrected chi connectivity index (χ4v) is 3.62. The number of fused-ring (bicyclic) bond motifs is 2. The Kier molecular flexibility index (Phi) is 4.21. The summed E-state index contributed by atoms with van der Waals surface area (Å²) >= 11 is 0. The van der Waals surface area contributed by atoms with Crippen LogP contribution in [0.4, 0.5) is 0 Å². The van der Waals surface area contributed by atoms with Crippen molar-refractivity contribution in [3.63, 3.8) is 0 Å². The molecule has 1 aliphatic heterocycles. The van der Waals surface area contributed by atoms with Gasteiger partial charge >= 0.3 is 0 Å². The van der Waals surface area contributed by atoms with Crippen molar-refractivity contribution in [3.05, 3.63) is 0 Å². The summed E-state index contributed by atoms with van der Waals surface area (Å²) in [5, 5.41) is 3.55. The summed E-state index contributed by atoms with van der Waals surface area (Å²) in [7, 11) is 0. The summed E-state index contributed by atoms with van der Waals surface area (Å²) < 4.78 is 0. The molecule has 4 heteroatoms. The molecule has 1 amide bonds. The van der Waals surface area contributed by atoms with Gasteiger partial charge in [-0.25, -0.2) is 0 Å². The van der Waals surface area contributed by atoms with Gasteiger partial charge in [0.1, 0.15) is 0 Å². The predicted molar refractivity (Wildman–Crippen MR) is 77.7 cm³/mol. The van der Waals surface area contributed by atoms with Crippen LogP contribution in [0.15, 0.2) is 0 Å². The number of likely N-dealkylation sites (tertiary alicyclic amines) is 1. The van der Waals surface area contributed by atoms with Crippen LogP contribution in [0.2, 0.25) is 0 Å². The topological polar surface area (TPSA) is 58.4 Å². The van der Waals surface area contributed by atoms with E-state index in [4.69, 9.17) is 5.73 Å². The smallest absolute Gasteiger partial charge is 0.237 e. The number of nitrogens with one attached hydrogen (secondary N) is 1. The Bertz CT molecular complexity index is 326. The van der Waals surface area contributed by atoms with Crippen molar-refractivity contribution in [3.8, 4) is 0 Å². The first kappa shape index (κ1) is 14.8. The van der Waals surface area contributed by atoms with Gasteiger partial charge in [-0.3, -0.25) is 4.79 Å². The van der Waals surface area contributed by atoms with Crippen molar-refractivity contribution >= 4 is 5.91 Å². The van der Waals surface area contributed by atoms with E-state index in [1.807, 2.05) is 13.8 Å². The Morgan fingerprint density at radius 3 is 2.21 bits per heavy atom. The van der Waals surface area contributed by atoms with Gasteiger partial charge < -0.3 is 16.0 Å². The summed E-state index contributed by atoms with van der Waals surface area (Å²) in [6.45, 7) is 10.7. The lowest BCUT2D eigenvalue weighted by molar-refractivity contribution is -0.124. The molecule has 2 atom stereocenters. The van der Waals surface area contributed by atoms with Crippen molar-refractivity contribution < 1.29 is 4.79 Å². The molecular formula is C15H29N3O. The molecule has 2 aliphatic rings. The molecule has 1 aliphatic carbocycles. The number of rotatable bonds is 4. The Hall–Kier alpha value is -0.610. The van der Waals surface area contributed by atoms with Crippen molar-refractivity contribution in [2.45, 2.75) is 64.6 Å². The molecule has 0 spiro atoms. The number of carbonyl (C=O) groups excluding carboxylic acids is 1.